The molecule has 0 atom stereocenters. The maximum atomic E-state index is 13.2. The van der Waals surface area contributed by atoms with Crippen LogP contribution in [0.2, 0.25) is 0 Å². The maximum absolute atomic E-state index is 13.2. The van der Waals surface area contributed by atoms with Gasteiger partial charge in [-0.15, -0.1) is 11.3 Å². The Bertz CT molecular complexity index is 694. The molecule has 1 N–H and O–H groups in total. The molecule has 128 valence electrons. The molecule has 0 spiro atoms. The molecule has 2 aliphatic rings. The van der Waals surface area contributed by atoms with E-state index in [9.17, 15) is 4.79 Å². The first-order valence-electron chi connectivity index (χ1n) is 9.41. The molecule has 1 amide bonds. The van der Waals surface area contributed by atoms with E-state index in [1.54, 1.807) is 0 Å². The number of nitrogens with one attached hydrogen (secondary N) is 1. The summed E-state index contributed by atoms with van der Waals surface area (Å²) in [6.07, 6.45) is 16.2. The number of amides is 1. The molecule has 0 radical (unpaired) electrons. The first kappa shape index (κ1) is 15.9. The fourth-order valence-corrected chi connectivity index (χ4v) is 5.47. The Morgan fingerprint density at radius 3 is 2.46 bits per heavy atom. The number of carbonyl (C=O) groups excluding carboxylic acids is 1. The first-order valence-corrected chi connectivity index (χ1v) is 10.2. The molecule has 0 unspecified atom stereocenters. The number of hydrogen-bond donors (Lipinski definition) is 1. The SMILES string of the molecule is O=C(NC1CCCCCC1)c1c(-n2cccc2)sc2c1CCCC2. The minimum Gasteiger partial charge on any atom is -0.349 e. The number of hydrogen-bond acceptors (Lipinski definition) is 2. The molecule has 2 aromatic rings. The minimum atomic E-state index is 0.157. The Kier molecular flexibility index (Phi) is 4.74. The fourth-order valence-electron chi connectivity index (χ4n) is 4.12. The lowest BCUT2D eigenvalue weighted by Gasteiger charge is -2.18. The monoisotopic (exact) mass is 342 g/mol. The van der Waals surface area contributed by atoms with Crippen molar-refractivity contribution in [3.63, 3.8) is 0 Å². The van der Waals surface area contributed by atoms with Gasteiger partial charge in [0.1, 0.15) is 5.00 Å². The van der Waals surface area contributed by atoms with Gasteiger partial charge in [0.05, 0.1) is 5.56 Å². The molecule has 0 saturated heterocycles. The van der Waals surface area contributed by atoms with Crippen LogP contribution in [0.4, 0.5) is 0 Å². The van der Waals surface area contributed by atoms with Crippen molar-refractivity contribution in [2.24, 2.45) is 0 Å². The van der Waals surface area contributed by atoms with Crippen molar-refractivity contribution < 1.29 is 4.79 Å². The average molecular weight is 343 g/mol. The van der Waals surface area contributed by atoms with Gasteiger partial charge in [0.15, 0.2) is 0 Å². The highest BCUT2D eigenvalue weighted by molar-refractivity contribution is 7.15. The standard InChI is InChI=1S/C20H26N2OS/c23-19(21-15-9-3-1-2-4-10-15)18-16-11-5-6-12-17(16)24-20(18)22-13-7-8-14-22/h7-8,13-15H,1-6,9-12H2,(H,21,23). The third-order valence-corrected chi connectivity index (χ3v) is 6.71. The van der Waals surface area contributed by atoms with Crippen LogP contribution in [-0.4, -0.2) is 16.5 Å². The van der Waals surface area contributed by atoms with E-state index < -0.39 is 0 Å². The second-order valence-electron chi connectivity index (χ2n) is 7.14. The zero-order chi connectivity index (χ0) is 16.4. The van der Waals surface area contributed by atoms with Crippen LogP contribution in [0.15, 0.2) is 24.5 Å². The number of nitrogens with zero attached hydrogens (tertiary/aromatic N) is 1. The van der Waals surface area contributed by atoms with E-state index in [-0.39, 0.29) is 5.91 Å². The summed E-state index contributed by atoms with van der Waals surface area (Å²) in [5.41, 5.74) is 2.27. The molecule has 0 bridgehead atoms. The van der Waals surface area contributed by atoms with E-state index >= 15 is 0 Å². The van der Waals surface area contributed by atoms with Gasteiger partial charge in [0, 0.05) is 23.3 Å². The Balaban J connectivity index is 1.65. The second kappa shape index (κ2) is 7.14. The lowest BCUT2D eigenvalue weighted by Crippen LogP contribution is -2.35. The van der Waals surface area contributed by atoms with Gasteiger partial charge in [-0.1, -0.05) is 25.7 Å². The van der Waals surface area contributed by atoms with Crippen molar-refractivity contribution in [2.75, 3.05) is 0 Å². The smallest absolute Gasteiger partial charge is 0.254 e. The van der Waals surface area contributed by atoms with Gasteiger partial charge in [-0.3, -0.25) is 4.79 Å². The summed E-state index contributed by atoms with van der Waals surface area (Å²) in [4.78, 5) is 14.6. The normalized spacial score (nSPS) is 18.8. The number of carbonyl (C=O) groups is 1. The summed E-state index contributed by atoms with van der Waals surface area (Å²) in [7, 11) is 0. The lowest BCUT2D eigenvalue weighted by molar-refractivity contribution is 0.0932. The zero-order valence-corrected chi connectivity index (χ0v) is 15.0. The molecule has 2 aliphatic carbocycles. The summed E-state index contributed by atoms with van der Waals surface area (Å²) in [6.45, 7) is 0. The van der Waals surface area contributed by atoms with Crippen LogP contribution in [-0.2, 0) is 12.8 Å². The summed E-state index contributed by atoms with van der Waals surface area (Å²) in [5, 5.41) is 4.48. The van der Waals surface area contributed by atoms with E-state index in [1.807, 2.05) is 23.5 Å². The molecule has 3 nitrogen and oxygen atoms in total. The van der Waals surface area contributed by atoms with E-state index in [0.29, 0.717) is 6.04 Å². The van der Waals surface area contributed by atoms with Gasteiger partial charge in [0.25, 0.3) is 5.91 Å². The number of aromatic nitrogens is 1. The summed E-state index contributed by atoms with van der Waals surface area (Å²) >= 11 is 1.82. The molecule has 2 heterocycles. The van der Waals surface area contributed by atoms with Gasteiger partial charge < -0.3 is 9.88 Å². The quantitative estimate of drug-likeness (QED) is 0.793. The van der Waals surface area contributed by atoms with Crippen molar-refractivity contribution in [3.05, 3.63) is 40.5 Å². The molecule has 4 heteroatoms. The molecule has 0 aromatic carbocycles. The van der Waals surface area contributed by atoms with Crippen molar-refractivity contribution in [3.8, 4) is 5.00 Å². The van der Waals surface area contributed by atoms with Crippen LogP contribution in [0.3, 0.4) is 0 Å². The number of fused-ring (bicyclic) bond motifs is 1. The third kappa shape index (κ3) is 3.16. The fraction of sp³-hybridized carbons (Fsp3) is 0.550. The highest BCUT2D eigenvalue weighted by atomic mass is 32.1. The topological polar surface area (TPSA) is 34.0 Å². The van der Waals surface area contributed by atoms with Crippen LogP contribution in [0.1, 0.15) is 72.2 Å². The lowest BCUT2D eigenvalue weighted by atomic mass is 9.95. The van der Waals surface area contributed by atoms with Crippen LogP contribution < -0.4 is 5.32 Å². The Hall–Kier alpha value is -1.55. The summed E-state index contributed by atoms with van der Waals surface area (Å²) < 4.78 is 2.12. The Morgan fingerprint density at radius 2 is 1.71 bits per heavy atom. The van der Waals surface area contributed by atoms with E-state index in [2.05, 4.69) is 22.3 Å². The third-order valence-electron chi connectivity index (χ3n) is 5.41. The molecule has 0 aliphatic heterocycles. The van der Waals surface area contributed by atoms with Crippen molar-refractivity contribution in [2.45, 2.75) is 70.3 Å². The highest BCUT2D eigenvalue weighted by Crippen LogP contribution is 2.37. The Morgan fingerprint density at radius 1 is 1.00 bits per heavy atom. The summed E-state index contributed by atoms with van der Waals surface area (Å²) in [5.74, 6) is 0.157. The summed E-state index contributed by atoms with van der Waals surface area (Å²) in [6, 6.07) is 4.42. The molecule has 1 fully saturated rings. The van der Waals surface area contributed by atoms with Gasteiger partial charge in [-0.25, -0.2) is 0 Å². The molecule has 2 aromatic heterocycles. The number of thiophene rings is 1. The second-order valence-corrected chi connectivity index (χ2v) is 8.23. The number of rotatable bonds is 3. The molecule has 24 heavy (non-hydrogen) atoms. The van der Waals surface area contributed by atoms with Crippen molar-refractivity contribution >= 4 is 17.2 Å². The largest absolute Gasteiger partial charge is 0.349 e. The van der Waals surface area contributed by atoms with Gasteiger partial charge in [-0.2, -0.15) is 0 Å². The van der Waals surface area contributed by atoms with Crippen LogP contribution in [0.5, 0.6) is 0 Å². The van der Waals surface area contributed by atoms with Gasteiger partial charge in [-0.05, 0) is 56.2 Å². The van der Waals surface area contributed by atoms with Crippen LogP contribution in [0, 0.1) is 0 Å². The minimum absolute atomic E-state index is 0.157. The molecule has 1 saturated carbocycles. The van der Waals surface area contributed by atoms with Crippen LogP contribution in [0.25, 0.3) is 5.00 Å². The average Bonchev–Trinajstić information content (AvgIpc) is 3.17. The molecular weight excluding hydrogens is 316 g/mol. The zero-order valence-electron chi connectivity index (χ0n) is 14.2. The highest BCUT2D eigenvalue weighted by Gasteiger charge is 2.27. The van der Waals surface area contributed by atoms with Gasteiger partial charge >= 0.3 is 0 Å². The Labute approximate surface area is 148 Å². The van der Waals surface area contributed by atoms with Gasteiger partial charge in [0.2, 0.25) is 0 Å². The van der Waals surface area contributed by atoms with E-state index in [0.717, 1.165) is 36.2 Å². The van der Waals surface area contributed by atoms with E-state index in [1.165, 1.54) is 49.0 Å². The predicted molar refractivity (Wildman–Crippen MR) is 99.2 cm³/mol. The predicted octanol–water partition coefficient (Wildman–Crippen LogP) is 4.87. The van der Waals surface area contributed by atoms with Crippen molar-refractivity contribution in [1.82, 2.24) is 9.88 Å². The maximum Gasteiger partial charge on any atom is 0.254 e. The van der Waals surface area contributed by atoms with Crippen LogP contribution >= 0.6 is 11.3 Å². The van der Waals surface area contributed by atoms with E-state index in [4.69, 9.17) is 0 Å². The molecular formula is C20H26N2OS. The van der Waals surface area contributed by atoms with Crippen molar-refractivity contribution in [1.29, 1.82) is 0 Å². The molecule has 4 rings (SSSR count). The number of aryl methyl sites for hydroxylation is 1. The first-order chi connectivity index (χ1) is 11.8.